The molecule has 2 heterocycles. The lowest BCUT2D eigenvalue weighted by molar-refractivity contribution is -0.166. The van der Waals surface area contributed by atoms with Gasteiger partial charge in [0.25, 0.3) is 0 Å². The quantitative estimate of drug-likeness (QED) is 0.222. The lowest BCUT2D eigenvalue weighted by Gasteiger charge is -2.41. The molecule has 0 saturated carbocycles. The van der Waals surface area contributed by atoms with Gasteiger partial charge in [-0.25, -0.2) is 9.18 Å². The van der Waals surface area contributed by atoms with Crippen LogP contribution in [-0.4, -0.2) is 42.9 Å². The van der Waals surface area contributed by atoms with Gasteiger partial charge in [0.1, 0.15) is 11.6 Å². The highest BCUT2D eigenvalue weighted by Crippen LogP contribution is 2.45. The zero-order valence-electron chi connectivity index (χ0n) is 27.1. The largest absolute Gasteiger partial charge is 0.493 e. The zero-order valence-corrected chi connectivity index (χ0v) is 27.1. The van der Waals surface area contributed by atoms with Gasteiger partial charge in [-0.2, -0.15) is 0 Å². The van der Waals surface area contributed by atoms with Gasteiger partial charge in [-0.1, -0.05) is 38.1 Å². The van der Waals surface area contributed by atoms with Crippen LogP contribution < -0.4 is 9.64 Å². The van der Waals surface area contributed by atoms with Crippen LogP contribution in [0.25, 0.3) is 11.1 Å². The number of hydrogen-bond donors (Lipinski definition) is 0. The molecule has 4 rings (SSSR count). The molecule has 3 aromatic rings. The van der Waals surface area contributed by atoms with Crippen molar-refractivity contribution in [3.8, 4) is 16.9 Å². The molecule has 6 nitrogen and oxygen atoms in total. The Labute approximate surface area is 256 Å². The molecule has 1 aromatic heterocycles. The highest BCUT2D eigenvalue weighted by Gasteiger charge is 2.37. The Morgan fingerprint density at radius 1 is 1.00 bits per heavy atom. The van der Waals surface area contributed by atoms with E-state index in [0.717, 1.165) is 71.0 Å². The lowest BCUT2D eigenvalue weighted by atomic mass is 9.82. The summed E-state index contributed by atoms with van der Waals surface area (Å²) >= 11 is 0. The molecule has 1 unspecified atom stereocenters. The van der Waals surface area contributed by atoms with Crippen molar-refractivity contribution in [2.75, 3.05) is 31.2 Å². The zero-order chi connectivity index (χ0) is 31.4. The molecule has 1 aliphatic heterocycles. The fourth-order valence-electron chi connectivity index (χ4n) is 5.62. The highest BCUT2D eigenvalue weighted by molar-refractivity contribution is 5.88. The van der Waals surface area contributed by atoms with Crippen LogP contribution in [0.15, 0.2) is 48.5 Å². The van der Waals surface area contributed by atoms with Crippen LogP contribution in [0.3, 0.4) is 0 Å². The summed E-state index contributed by atoms with van der Waals surface area (Å²) in [4.78, 5) is 20.9. The molecule has 0 amide bonds. The molecule has 1 fully saturated rings. The summed E-state index contributed by atoms with van der Waals surface area (Å²) in [6.45, 7) is 18.8. The lowest BCUT2D eigenvalue weighted by Crippen LogP contribution is -2.39. The number of carbonyl (C=O) groups excluding carboxylic acids is 1. The Bertz CT molecular complexity index is 1380. The summed E-state index contributed by atoms with van der Waals surface area (Å²) in [6, 6.07) is 14.5. The summed E-state index contributed by atoms with van der Waals surface area (Å²) in [7, 11) is 0. The summed E-state index contributed by atoms with van der Waals surface area (Å²) in [5, 5.41) is 0. The van der Waals surface area contributed by atoms with E-state index in [1.807, 2.05) is 53.7 Å². The highest BCUT2D eigenvalue weighted by atomic mass is 19.1. The summed E-state index contributed by atoms with van der Waals surface area (Å²) in [5.41, 5.74) is 6.11. The van der Waals surface area contributed by atoms with E-state index in [1.165, 1.54) is 12.1 Å². The van der Waals surface area contributed by atoms with Crippen LogP contribution in [0.4, 0.5) is 10.1 Å². The van der Waals surface area contributed by atoms with E-state index in [0.29, 0.717) is 13.0 Å². The van der Waals surface area contributed by atoms with Gasteiger partial charge < -0.3 is 19.1 Å². The maximum atomic E-state index is 13.5. The predicted molar refractivity (Wildman–Crippen MR) is 170 cm³/mol. The van der Waals surface area contributed by atoms with Crippen molar-refractivity contribution in [2.24, 2.45) is 5.41 Å². The van der Waals surface area contributed by atoms with Gasteiger partial charge in [0, 0.05) is 42.0 Å². The molecule has 0 spiro atoms. The van der Waals surface area contributed by atoms with Crippen LogP contribution in [-0.2, 0) is 20.7 Å². The molecule has 7 heteroatoms. The van der Waals surface area contributed by atoms with Gasteiger partial charge in [-0.05, 0) is 95.2 Å². The van der Waals surface area contributed by atoms with Crippen LogP contribution in [0.1, 0.15) is 83.0 Å². The minimum Gasteiger partial charge on any atom is -0.493 e. The number of aromatic nitrogens is 1. The van der Waals surface area contributed by atoms with Crippen molar-refractivity contribution >= 4 is 11.7 Å². The number of esters is 1. The van der Waals surface area contributed by atoms with Crippen LogP contribution >= 0.6 is 0 Å². The van der Waals surface area contributed by atoms with Gasteiger partial charge >= 0.3 is 5.97 Å². The first-order valence-electron chi connectivity index (χ1n) is 15.4. The minimum absolute atomic E-state index is 0.240. The van der Waals surface area contributed by atoms with E-state index < -0.39 is 17.7 Å². The number of rotatable bonds is 10. The first-order chi connectivity index (χ1) is 20.3. The predicted octanol–water partition coefficient (Wildman–Crippen LogP) is 8.17. The fraction of sp³-hybridized carbons (Fsp3) is 0.500. The van der Waals surface area contributed by atoms with Crippen LogP contribution in [0, 0.1) is 25.1 Å². The average Bonchev–Trinajstić information content (AvgIpc) is 2.93. The third-order valence-electron chi connectivity index (χ3n) is 7.96. The molecule has 0 N–H and O–H groups in total. The Kier molecular flexibility index (Phi) is 10.2. The number of pyridine rings is 1. The monoisotopic (exact) mass is 590 g/mol. The second-order valence-electron chi connectivity index (χ2n) is 13.2. The number of benzene rings is 2. The van der Waals surface area contributed by atoms with Crippen molar-refractivity contribution in [1.29, 1.82) is 0 Å². The average molecular weight is 591 g/mol. The molecular formula is C36H47FN2O4. The van der Waals surface area contributed by atoms with Crippen molar-refractivity contribution in [3.63, 3.8) is 0 Å². The van der Waals surface area contributed by atoms with Crippen molar-refractivity contribution in [2.45, 2.75) is 86.4 Å². The van der Waals surface area contributed by atoms with E-state index in [2.05, 4.69) is 30.9 Å². The second kappa shape index (κ2) is 13.5. The Balaban J connectivity index is 1.74. The number of piperidine rings is 1. The van der Waals surface area contributed by atoms with Gasteiger partial charge in [0.15, 0.2) is 6.10 Å². The fourth-order valence-corrected chi connectivity index (χ4v) is 5.62. The third-order valence-corrected chi connectivity index (χ3v) is 7.96. The van der Waals surface area contributed by atoms with Crippen molar-refractivity contribution < 1.29 is 23.4 Å². The number of nitrogens with zero attached hydrogens (tertiary/aromatic N) is 2. The van der Waals surface area contributed by atoms with Crippen LogP contribution in [0.5, 0.6) is 5.75 Å². The number of hydrogen-bond acceptors (Lipinski definition) is 6. The number of halogens is 1. The number of ether oxygens (including phenoxy) is 3. The van der Waals surface area contributed by atoms with Gasteiger partial charge in [-0.3, -0.25) is 4.98 Å². The maximum absolute atomic E-state index is 13.5. The number of carbonyl (C=O) groups is 1. The molecule has 43 heavy (non-hydrogen) atoms. The molecule has 2 aromatic carbocycles. The molecule has 1 atom stereocenters. The standard InChI is InChI=1S/C36H47FN2O4/c1-9-41-34(40)33(43-35(4,5)6)31-25(3)38-24(2)30(32(31)39-21-19-36(7,8)20-22-39)27-12-16-29(17-13-27)42-23-18-26-10-14-28(37)15-11-26/h10-17,33H,9,18-23H2,1-8H3. The smallest absolute Gasteiger partial charge is 0.340 e. The Hall–Kier alpha value is -3.45. The molecule has 1 saturated heterocycles. The summed E-state index contributed by atoms with van der Waals surface area (Å²) in [6.07, 6.45) is 1.85. The first kappa shape index (κ1) is 32.5. The minimum atomic E-state index is -0.911. The third kappa shape index (κ3) is 8.35. The molecule has 232 valence electrons. The summed E-state index contributed by atoms with van der Waals surface area (Å²) in [5.74, 6) is 0.113. The number of anilines is 1. The Morgan fingerprint density at radius 2 is 1.63 bits per heavy atom. The van der Waals surface area contributed by atoms with E-state index in [-0.39, 0.29) is 17.8 Å². The van der Waals surface area contributed by atoms with Crippen molar-refractivity contribution in [3.05, 3.63) is 76.9 Å². The first-order valence-corrected chi connectivity index (χ1v) is 15.4. The molecule has 0 bridgehead atoms. The Morgan fingerprint density at radius 3 is 2.21 bits per heavy atom. The van der Waals surface area contributed by atoms with E-state index in [9.17, 15) is 9.18 Å². The van der Waals surface area contributed by atoms with Crippen molar-refractivity contribution in [1.82, 2.24) is 4.98 Å². The topological polar surface area (TPSA) is 60.9 Å². The van der Waals surface area contributed by atoms with E-state index >= 15 is 0 Å². The number of aryl methyl sites for hydroxylation is 2. The molecule has 1 aliphatic rings. The summed E-state index contributed by atoms with van der Waals surface area (Å²) < 4.78 is 31.3. The van der Waals surface area contributed by atoms with Gasteiger partial charge in [0.05, 0.1) is 24.5 Å². The SMILES string of the molecule is CCOC(=O)C(OC(C)(C)C)c1c(C)nc(C)c(-c2ccc(OCCc3ccc(F)cc3)cc2)c1N1CCC(C)(C)CC1. The normalized spacial score (nSPS) is 15.7. The van der Waals surface area contributed by atoms with E-state index in [1.54, 1.807) is 12.1 Å². The van der Waals surface area contributed by atoms with E-state index in [4.69, 9.17) is 19.2 Å². The van der Waals surface area contributed by atoms with Crippen LogP contribution in [0.2, 0.25) is 0 Å². The van der Waals surface area contributed by atoms with Gasteiger partial charge in [0.2, 0.25) is 0 Å². The second-order valence-corrected chi connectivity index (χ2v) is 13.2. The molecule has 0 aliphatic carbocycles. The van der Waals surface area contributed by atoms with Gasteiger partial charge in [-0.15, -0.1) is 0 Å². The maximum Gasteiger partial charge on any atom is 0.340 e. The molecular weight excluding hydrogens is 543 g/mol. The molecule has 0 radical (unpaired) electrons.